The van der Waals surface area contributed by atoms with Crippen LogP contribution in [0.5, 0.6) is 0 Å². The fourth-order valence-electron chi connectivity index (χ4n) is 3.93. The normalized spacial score (nSPS) is 17.1. The number of rotatable bonds is 7. The third kappa shape index (κ3) is 4.48. The summed E-state index contributed by atoms with van der Waals surface area (Å²) in [5, 5.41) is 12.3. The van der Waals surface area contributed by atoms with E-state index in [1.807, 2.05) is 16.8 Å². The number of sulfonamides is 1. The summed E-state index contributed by atoms with van der Waals surface area (Å²) in [5.41, 5.74) is 1.37. The molecule has 3 heterocycles. The summed E-state index contributed by atoms with van der Waals surface area (Å²) in [4.78, 5) is 15.0. The predicted molar refractivity (Wildman–Crippen MR) is 122 cm³/mol. The Balaban J connectivity index is 1.46. The van der Waals surface area contributed by atoms with E-state index in [9.17, 15) is 13.2 Å². The summed E-state index contributed by atoms with van der Waals surface area (Å²) in [5.74, 6) is 0.896. The number of benzene rings is 1. The number of aromatic nitrogens is 2. The Bertz CT molecular complexity index is 1150. The molecule has 1 aliphatic rings. The molecule has 8 nitrogen and oxygen atoms in total. The number of carbonyl (C=O) groups is 1. The lowest BCUT2D eigenvalue weighted by atomic mass is 9.97. The molecule has 1 amide bonds. The molecule has 1 saturated heterocycles. The van der Waals surface area contributed by atoms with Gasteiger partial charge in [-0.1, -0.05) is 13.8 Å². The number of nitrogens with zero attached hydrogens (tertiary/aromatic N) is 4. The van der Waals surface area contributed by atoms with E-state index in [-0.39, 0.29) is 16.7 Å². The second kappa shape index (κ2) is 9.51. The van der Waals surface area contributed by atoms with Gasteiger partial charge >= 0.3 is 0 Å². The molecule has 32 heavy (non-hydrogen) atoms. The minimum absolute atomic E-state index is 0.0186. The molecule has 170 valence electrons. The molecule has 0 spiro atoms. The molecule has 1 fully saturated rings. The van der Waals surface area contributed by atoms with Gasteiger partial charge in [-0.2, -0.15) is 15.6 Å². The smallest absolute Gasteiger partial charge is 0.253 e. The van der Waals surface area contributed by atoms with Crippen LogP contribution in [-0.2, 0) is 10.0 Å². The fraction of sp³-hybridized carbons (Fsp3) is 0.409. The maximum absolute atomic E-state index is 13.1. The molecular formula is C22H26N4O4S2. The summed E-state index contributed by atoms with van der Waals surface area (Å²) in [6.45, 7) is 5.54. The van der Waals surface area contributed by atoms with Crippen molar-refractivity contribution >= 4 is 27.3 Å². The van der Waals surface area contributed by atoms with Crippen molar-refractivity contribution in [2.75, 3.05) is 26.2 Å². The van der Waals surface area contributed by atoms with Crippen LogP contribution in [0.4, 0.5) is 0 Å². The quantitative estimate of drug-likeness (QED) is 0.516. The number of thiophene rings is 1. The zero-order chi connectivity index (χ0) is 22.7. The lowest BCUT2D eigenvalue weighted by molar-refractivity contribution is 0.0698. The average Bonchev–Trinajstić information content (AvgIpc) is 3.51. The van der Waals surface area contributed by atoms with Gasteiger partial charge in [-0.25, -0.2) is 8.42 Å². The molecule has 3 aromatic rings. The molecule has 1 aromatic carbocycles. The Labute approximate surface area is 191 Å². The summed E-state index contributed by atoms with van der Waals surface area (Å²) >= 11 is 1.57. The first-order valence-corrected chi connectivity index (χ1v) is 13.1. The van der Waals surface area contributed by atoms with Crippen LogP contribution >= 0.6 is 11.3 Å². The SMILES string of the molecule is CCN(CC)S(=O)(=O)c1ccc(C(=O)N2CCCC(c3nnc(-c4ccsc4)o3)C2)cc1. The highest BCUT2D eigenvalue weighted by Gasteiger charge is 2.29. The highest BCUT2D eigenvalue weighted by Crippen LogP contribution is 2.30. The minimum atomic E-state index is -3.55. The maximum Gasteiger partial charge on any atom is 0.253 e. The number of hydrogen-bond acceptors (Lipinski definition) is 7. The van der Waals surface area contributed by atoms with Gasteiger partial charge in [0.15, 0.2) is 0 Å². The van der Waals surface area contributed by atoms with Crippen molar-refractivity contribution in [3.63, 3.8) is 0 Å². The van der Waals surface area contributed by atoms with E-state index in [2.05, 4.69) is 10.2 Å². The Morgan fingerprint density at radius 3 is 2.59 bits per heavy atom. The number of carbonyl (C=O) groups excluding carboxylic acids is 1. The van der Waals surface area contributed by atoms with Gasteiger partial charge in [0.05, 0.1) is 10.8 Å². The van der Waals surface area contributed by atoms with Gasteiger partial charge < -0.3 is 9.32 Å². The summed E-state index contributed by atoms with van der Waals surface area (Å²) < 4.78 is 32.6. The van der Waals surface area contributed by atoms with E-state index in [1.54, 1.807) is 42.2 Å². The van der Waals surface area contributed by atoms with Gasteiger partial charge in [0.1, 0.15) is 0 Å². The third-order valence-electron chi connectivity index (χ3n) is 5.71. The van der Waals surface area contributed by atoms with Gasteiger partial charge in [-0.05, 0) is 48.6 Å². The first kappa shape index (κ1) is 22.6. The molecule has 1 atom stereocenters. The van der Waals surface area contributed by atoms with Crippen molar-refractivity contribution in [2.45, 2.75) is 37.5 Å². The lowest BCUT2D eigenvalue weighted by Gasteiger charge is -2.31. The van der Waals surface area contributed by atoms with Crippen LogP contribution in [0.3, 0.4) is 0 Å². The molecule has 0 radical (unpaired) electrons. The first-order valence-electron chi connectivity index (χ1n) is 10.7. The maximum atomic E-state index is 13.1. The van der Waals surface area contributed by atoms with Gasteiger partial charge in [-0.3, -0.25) is 4.79 Å². The monoisotopic (exact) mass is 474 g/mol. The highest BCUT2D eigenvalue weighted by molar-refractivity contribution is 7.89. The number of hydrogen-bond donors (Lipinski definition) is 0. The van der Waals surface area contributed by atoms with Crippen molar-refractivity contribution in [1.82, 2.24) is 19.4 Å². The number of amides is 1. The Hall–Kier alpha value is -2.56. The van der Waals surface area contributed by atoms with E-state index >= 15 is 0 Å². The van der Waals surface area contributed by atoms with Crippen molar-refractivity contribution in [2.24, 2.45) is 0 Å². The topological polar surface area (TPSA) is 96.6 Å². The van der Waals surface area contributed by atoms with E-state index in [0.29, 0.717) is 43.5 Å². The van der Waals surface area contributed by atoms with Crippen LogP contribution in [0, 0.1) is 0 Å². The minimum Gasteiger partial charge on any atom is -0.420 e. The van der Waals surface area contributed by atoms with Crippen molar-refractivity contribution in [1.29, 1.82) is 0 Å². The van der Waals surface area contributed by atoms with Gasteiger partial charge in [0.25, 0.3) is 5.91 Å². The number of likely N-dealkylation sites (tertiary alicyclic amines) is 1. The molecule has 0 N–H and O–H groups in total. The molecule has 0 saturated carbocycles. The number of piperidine rings is 1. The second-order valence-corrected chi connectivity index (χ2v) is 10.4. The molecule has 4 rings (SSSR count). The predicted octanol–water partition coefficient (Wildman–Crippen LogP) is 3.85. The van der Waals surface area contributed by atoms with Crippen LogP contribution in [0.25, 0.3) is 11.5 Å². The summed E-state index contributed by atoms with van der Waals surface area (Å²) in [6.07, 6.45) is 1.71. The van der Waals surface area contributed by atoms with Crippen LogP contribution < -0.4 is 0 Å². The molecule has 0 bridgehead atoms. The second-order valence-electron chi connectivity index (χ2n) is 7.66. The van der Waals surface area contributed by atoms with Crippen LogP contribution in [0.15, 0.2) is 50.4 Å². The average molecular weight is 475 g/mol. The van der Waals surface area contributed by atoms with E-state index in [0.717, 1.165) is 18.4 Å². The molecule has 1 aliphatic heterocycles. The largest absolute Gasteiger partial charge is 0.420 e. The zero-order valence-corrected chi connectivity index (χ0v) is 19.7. The Morgan fingerprint density at radius 1 is 1.19 bits per heavy atom. The highest BCUT2D eigenvalue weighted by atomic mass is 32.2. The van der Waals surface area contributed by atoms with Gasteiger partial charge in [0, 0.05) is 42.7 Å². The zero-order valence-electron chi connectivity index (χ0n) is 18.1. The van der Waals surface area contributed by atoms with E-state index in [4.69, 9.17) is 4.42 Å². The molecule has 10 heteroatoms. The first-order chi connectivity index (χ1) is 15.4. The molecular weight excluding hydrogens is 448 g/mol. The van der Waals surface area contributed by atoms with Crippen LogP contribution in [-0.4, -0.2) is 59.9 Å². The van der Waals surface area contributed by atoms with Crippen molar-refractivity contribution in [3.05, 3.63) is 52.5 Å². The van der Waals surface area contributed by atoms with Crippen molar-refractivity contribution in [3.8, 4) is 11.5 Å². The van der Waals surface area contributed by atoms with Crippen LogP contribution in [0.1, 0.15) is 48.9 Å². The van der Waals surface area contributed by atoms with Crippen LogP contribution in [0.2, 0.25) is 0 Å². The summed E-state index contributed by atoms with van der Waals surface area (Å²) in [7, 11) is -3.55. The summed E-state index contributed by atoms with van der Waals surface area (Å²) in [6, 6.07) is 8.12. The molecule has 0 aliphatic carbocycles. The third-order valence-corrected chi connectivity index (χ3v) is 8.46. The van der Waals surface area contributed by atoms with Gasteiger partial charge in [-0.15, -0.1) is 10.2 Å². The Morgan fingerprint density at radius 2 is 1.94 bits per heavy atom. The van der Waals surface area contributed by atoms with E-state index in [1.165, 1.54) is 16.4 Å². The van der Waals surface area contributed by atoms with E-state index < -0.39 is 10.0 Å². The Kier molecular flexibility index (Phi) is 6.73. The lowest BCUT2D eigenvalue weighted by Crippen LogP contribution is -2.39. The molecule has 2 aromatic heterocycles. The fourth-order valence-corrected chi connectivity index (χ4v) is 6.02. The standard InChI is InChI=1S/C22H26N4O4S2/c1-3-26(4-2)32(28,29)19-9-7-16(8-10-19)22(27)25-12-5-6-17(14-25)20-23-24-21(30-20)18-11-13-31-15-18/h7-11,13,15,17H,3-6,12,14H2,1-2H3. The van der Waals surface area contributed by atoms with Crippen molar-refractivity contribution < 1.29 is 17.6 Å². The molecule has 1 unspecified atom stereocenters. The van der Waals surface area contributed by atoms with Gasteiger partial charge in [0.2, 0.25) is 21.8 Å².